The Morgan fingerprint density at radius 3 is 3.15 bits per heavy atom. The summed E-state index contributed by atoms with van der Waals surface area (Å²) in [5.41, 5.74) is 2.21. The van der Waals surface area contributed by atoms with Crippen LogP contribution in [0, 0.1) is 0 Å². The Morgan fingerprint density at radius 2 is 2.41 bits per heavy atom. The molecule has 4 heterocycles. The van der Waals surface area contributed by atoms with Crippen molar-refractivity contribution >= 4 is 34.7 Å². The first-order chi connectivity index (χ1) is 13.1. The second kappa shape index (κ2) is 7.66. The van der Waals surface area contributed by atoms with E-state index in [4.69, 9.17) is 4.74 Å². The summed E-state index contributed by atoms with van der Waals surface area (Å²) in [5, 5.41) is 7.05. The Kier molecular flexibility index (Phi) is 5.09. The van der Waals surface area contributed by atoms with E-state index in [9.17, 15) is 9.59 Å². The van der Waals surface area contributed by atoms with Gasteiger partial charge in [0.15, 0.2) is 0 Å². The highest BCUT2D eigenvalue weighted by Gasteiger charge is 2.27. The number of nitrogens with one attached hydrogen (secondary N) is 1. The van der Waals surface area contributed by atoms with E-state index in [1.165, 1.54) is 0 Å². The average molecular weight is 386 g/mol. The Balaban J connectivity index is 1.59. The highest BCUT2D eigenvalue weighted by atomic mass is 32.1. The minimum atomic E-state index is -0.0987. The van der Waals surface area contributed by atoms with E-state index in [-0.39, 0.29) is 24.5 Å². The minimum Gasteiger partial charge on any atom is -0.376 e. The van der Waals surface area contributed by atoms with Crippen LogP contribution in [-0.2, 0) is 16.1 Å². The first-order valence-corrected chi connectivity index (χ1v) is 9.98. The van der Waals surface area contributed by atoms with Crippen LogP contribution in [0.1, 0.15) is 28.8 Å². The number of ether oxygens (including phenoxy) is 1. The smallest absolute Gasteiger partial charge is 0.255 e. The molecule has 2 aromatic rings. The molecule has 0 aliphatic carbocycles. The van der Waals surface area contributed by atoms with Crippen molar-refractivity contribution in [2.75, 3.05) is 37.0 Å². The number of hydrogen-bond donors (Lipinski definition) is 1. The molecule has 2 amide bonds. The Morgan fingerprint density at radius 1 is 1.52 bits per heavy atom. The second-order valence-corrected chi connectivity index (χ2v) is 7.63. The normalized spacial score (nSPS) is 18.9. The van der Waals surface area contributed by atoms with Crippen LogP contribution in [0.2, 0.25) is 0 Å². The number of amides is 2. The Labute approximate surface area is 161 Å². The topological polar surface area (TPSA) is 74.8 Å². The summed E-state index contributed by atoms with van der Waals surface area (Å²) >= 11 is 1.62. The molecule has 1 saturated heterocycles. The molecular weight excluding hydrogens is 364 g/mol. The van der Waals surface area contributed by atoms with E-state index < -0.39 is 0 Å². The van der Waals surface area contributed by atoms with Gasteiger partial charge in [-0.25, -0.2) is 4.98 Å². The third-order valence-electron chi connectivity index (χ3n) is 4.95. The van der Waals surface area contributed by atoms with Crippen molar-refractivity contribution in [2.45, 2.75) is 25.5 Å². The lowest BCUT2D eigenvalue weighted by atomic mass is 10.1. The van der Waals surface area contributed by atoms with Crippen molar-refractivity contribution < 1.29 is 14.3 Å². The van der Waals surface area contributed by atoms with Gasteiger partial charge in [0, 0.05) is 32.9 Å². The molecule has 0 bridgehead atoms. The molecule has 2 aliphatic rings. The number of aromatic nitrogens is 1. The Bertz CT molecular complexity index is 833. The van der Waals surface area contributed by atoms with Crippen molar-refractivity contribution in [3.8, 4) is 0 Å². The maximum absolute atomic E-state index is 13.2. The lowest BCUT2D eigenvalue weighted by molar-refractivity contribution is -0.116. The van der Waals surface area contributed by atoms with Gasteiger partial charge in [0.05, 0.1) is 23.9 Å². The zero-order valence-corrected chi connectivity index (χ0v) is 16.0. The molecule has 1 fully saturated rings. The van der Waals surface area contributed by atoms with E-state index in [1.54, 1.807) is 35.5 Å². The number of hydrogen-bond acceptors (Lipinski definition) is 6. The van der Waals surface area contributed by atoms with Gasteiger partial charge in [-0.3, -0.25) is 9.59 Å². The van der Waals surface area contributed by atoms with E-state index in [2.05, 4.69) is 15.7 Å². The van der Waals surface area contributed by atoms with Gasteiger partial charge in [0.25, 0.3) is 5.91 Å². The summed E-state index contributed by atoms with van der Waals surface area (Å²) in [6.45, 7) is 2.06. The standard InChI is InChI=1S/C19H22N4O3S/c1-22-16-7-14(8-20-18(16)21-9-17(22)24)19(25)23(10-13-4-6-27-12-13)11-15-3-2-5-26-15/h4,6-8,12,15H,2-3,5,9-11H2,1H3,(H,20,21). The highest BCUT2D eigenvalue weighted by molar-refractivity contribution is 7.07. The zero-order chi connectivity index (χ0) is 18.8. The fourth-order valence-electron chi connectivity index (χ4n) is 3.41. The summed E-state index contributed by atoms with van der Waals surface area (Å²) in [6.07, 6.45) is 3.65. The summed E-state index contributed by atoms with van der Waals surface area (Å²) in [5.74, 6) is 0.471. The van der Waals surface area contributed by atoms with Gasteiger partial charge in [-0.05, 0) is 41.3 Å². The molecule has 0 aromatic carbocycles. The zero-order valence-electron chi connectivity index (χ0n) is 15.2. The van der Waals surface area contributed by atoms with Crippen LogP contribution in [-0.4, -0.2) is 54.5 Å². The summed E-state index contributed by atoms with van der Waals surface area (Å²) in [6, 6.07) is 3.77. The molecule has 8 heteroatoms. The fraction of sp³-hybridized carbons (Fsp3) is 0.421. The van der Waals surface area contributed by atoms with Crippen LogP contribution in [0.25, 0.3) is 0 Å². The number of thiophene rings is 1. The summed E-state index contributed by atoms with van der Waals surface area (Å²) in [4.78, 5) is 32.9. The predicted molar refractivity (Wildman–Crippen MR) is 104 cm³/mol. The van der Waals surface area contributed by atoms with Gasteiger partial charge < -0.3 is 19.9 Å². The van der Waals surface area contributed by atoms with Crippen molar-refractivity contribution in [1.82, 2.24) is 9.88 Å². The van der Waals surface area contributed by atoms with E-state index >= 15 is 0 Å². The van der Waals surface area contributed by atoms with Gasteiger partial charge in [-0.15, -0.1) is 0 Å². The van der Waals surface area contributed by atoms with Crippen molar-refractivity contribution in [2.24, 2.45) is 0 Å². The van der Waals surface area contributed by atoms with Gasteiger partial charge in [-0.1, -0.05) is 0 Å². The molecule has 0 spiro atoms. The quantitative estimate of drug-likeness (QED) is 0.854. The molecule has 142 valence electrons. The van der Waals surface area contributed by atoms with Gasteiger partial charge >= 0.3 is 0 Å². The number of pyridine rings is 1. The second-order valence-electron chi connectivity index (χ2n) is 6.85. The van der Waals surface area contributed by atoms with Crippen molar-refractivity contribution in [3.05, 3.63) is 40.2 Å². The van der Waals surface area contributed by atoms with Crippen LogP contribution in [0.4, 0.5) is 11.5 Å². The van der Waals surface area contributed by atoms with Crippen molar-refractivity contribution in [1.29, 1.82) is 0 Å². The molecule has 4 rings (SSSR count). The number of carbonyl (C=O) groups is 2. The molecule has 0 radical (unpaired) electrons. The lowest BCUT2D eigenvalue weighted by Crippen LogP contribution is -2.39. The maximum Gasteiger partial charge on any atom is 0.255 e. The Hall–Kier alpha value is -2.45. The number of likely N-dealkylation sites (N-methyl/N-ethyl adjacent to an activating group) is 1. The average Bonchev–Trinajstić information content (AvgIpc) is 3.38. The fourth-order valence-corrected chi connectivity index (χ4v) is 4.07. The monoisotopic (exact) mass is 386 g/mol. The van der Waals surface area contributed by atoms with E-state index in [0.29, 0.717) is 30.2 Å². The van der Waals surface area contributed by atoms with Crippen LogP contribution in [0.5, 0.6) is 0 Å². The maximum atomic E-state index is 13.2. The molecule has 1 N–H and O–H groups in total. The van der Waals surface area contributed by atoms with Gasteiger partial charge in [0.2, 0.25) is 5.91 Å². The van der Waals surface area contributed by atoms with Crippen LogP contribution in [0.3, 0.4) is 0 Å². The molecule has 0 saturated carbocycles. The summed E-state index contributed by atoms with van der Waals surface area (Å²) in [7, 11) is 1.70. The van der Waals surface area contributed by atoms with E-state index in [0.717, 1.165) is 25.0 Å². The van der Waals surface area contributed by atoms with Crippen molar-refractivity contribution in [3.63, 3.8) is 0 Å². The number of rotatable bonds is 5. The van der Waals surface area contributed by atoms with Gasteiger partial charge in [-0.2, -0.15) is 11.3 Å². The predicted octanol–water partition coefficient (Wildman–Crippen LogP) is 2.35. The van der Waals surface area contributed by atoms with Gasteiger partial charge in [0.1, 0.15) is 5.82 Å². The van der Waals surface area contributed by atoms with Crippen LogP contribution in [0.15, 0.2) is 29.1 Å². The number of carbonyl (C=O) groups excluding carboxylic acids is 2. The largest absolute Gasteiger partial charge is 0.376 e. The number of anilines is 2. The lowest BCUT2D eigenvalue weighted by Gasteiger charge is -2.28. The molecule has 2 aromatic heterocycles. The van der Waals surface area contributed by atoms with Crippen LogP contribution >= 0.6 is 11.3 Å². The summed E-state index contributed by atoms with van der Waals surface area (Å²) < 4.78 is 5.74. The first-order valence-electron chi connectivity index (χ1n) is 9.04. The molecule has 2 aliphatic heterocycles. The highest BCUT2D eigenvalue weighted by Crippen LogP contribution is 2.28. The molecule has 27 heavy (non-hydrogen) atoms. The van der Waals surface area contributed by atoms with Crippen LogP contribution < -0.4 is 10.2 Å². The first kappa shape index (κ1) is 17.9. The van der Waals surface area contributed by atoms with E-state index in [1.807, 2.05) is 16.3 Å². The SMILES string of the molecule is CN1C(=O)CNc2ncc(C(=O)N(Cc3ccsc3)CC3CCCO3)cc21. The molecule has 7 nitrogen and oxygen atoms in total. The molecular formula is C19H22N4O3S. The molecule has 1 atom stereocenters. The third-order valence-corrected chi connectivity index (χ3v) is 5.68. The number of fused-ring (bicyclic) bond motifs is 1. The molecule has 1 unspecified atom stereocenters. The minimum absolute atomic E-state index is 0.0524. The number of nitrogens with zero attached hydrogens (tertiary/aromatic N) is 3. The third kappa shape index (κ3) is 3.81.